The molecule has 0 bridgehead atoms. The van der Waals surface area contributed by atoms with Gasteiger partial charge in [0.15, 0.2) is 5.82 Å². The zero-order chi connectivity index (χ0) is 14.8. The fraction of sp³-hybridized carbons (Fsp3) is 0.562. The molecule has 0 aromatic carbocycles. The van der Waals surface area contributed by atoms with Crippen molar-refractivity contribution in [3.05, 3.63) is 41.7 Å². The van der Waals surface area contributed by atoms with Crippen molar-refractivity contribution < 1.29 is 0 Å². The van der Waals surface area contributed by atoms with Crippen molar-refractivity contribution in [1.82, 2.24) is 19.7 Å². The second kappa shape index (κ2) is 5.73. The monoisotopic (exact) mass is 272 g/mol. The molecular weight excluding hydrogens is 248 g/mol. The van der Waals surface area contributed by atoms with Crippen LogP contribution in [0, 0.1) is 5.92 Å². The Morgan fingerprint density at radius 2 is 2.00 bits per heavy atom. The minimum atomic E-state index is -0.0558. The van der Waals surface area contributed by atoms with Crippen LogP contribution in [0.3, 0.4) is 0 Å². The van der Waals surface area contributed by atoms with Crippen molar-refractivity contribution in [1.29, 1.82) is 0 Å². The molecule has 4 nitrogen and oxygen atoms in total. The summed E-state index contributed by atoms with van der Waals surface area (Å²) >= 11 is 0. The molecule has 0 radical (unpaired) electrons. The van der Waals surface area contributed by atoms with Gasteiger partial charge in [0.05, 0.1) is 5.54 Å². The first kappa shape index (κ1) is 14.7. The Morgan fingerprint density at radius 1 is 1.25 bits per heavy atom. The molecular formula is C16H24N4. The Kier molecular flexibility index (Phi) is 4.21. The molecule has 0 atom stereocenters. The maximum atomic E-state index is 4.74. The zero-order valence-corrected chi connectivity index (χ0v) is 13.1. The fourth-order valence-corrected chi connectivity index (χ4v) is 2.18. The second-order valence-corrected chi connectivity index (χ2v) is 6.66. The van der Waals surface area contributed by atoms with Gasteiger partial charge in [-0.1, -0.05) is 19.9 Å². The van der Waals surface area contributed by atoms with E-state index in [1.165, 1.54) is 5.56 Å². The van der Waals surface area contributed by atoms with Crippen LogP contribution in [-0.2, 0) is 18.4 Å². The Labute approximate surface area is 121 Å². The third-order valence-electron chi connectivity index (χ3n) is 3.03. The van der Waals surface area contributed by atoms with Crippen LogP contribution in [-0.4, -0.2) is 19.7 Å². The molecule has 0 N–H and O–H groups in total. The fourth-order valence-electron chi connectivity index (χ4n) is 2.18. The third-order valence-corrected chi connectivity index (χ3v) is 3.03. The average Bonchev–Trinajstić information content (AvgIpc) is 2.72. The van der Waals surface area contributed by atoms with Gasteiger partial charge in [-0.15, -0.1) is 0 Å². The Bertz CT molecular complexity index is 550. The molecule has 20 heavy (non-hydrogen) atoms. The van der Waals surface area contributed by atoms with Crippen molar-refractivity contribution in [3.63, 3.8) is 0 Å². The van der Waals surface area contributed by atoms with Crippen molar-refractivity contribution in [2.24, 2.45) is 5.92 Å². The van der Waals surface area contributed by atoms with Crippen molar-refractivity contribution in [2.75, 3.05) is 0 Å². The predicted octanol–water partition coefficient (Wildman–Crippen LogP) is 3.22. The number of hydrogen-bond donors (Lipinski definition) is 0. The number of rotatable bonds is 4. The second-order valence-electron chi connectivity index (χ2n) is 6.66. The van der Waals surface area contributed by atoms with E-state index in [0.29, 0.717) is 5.92 Å². The number of nitrogens with zero attached hydrogens (tertiary/aromatic N) is 4. The van der Waals surface area contributed by atoms with Crippen molar-refractivity contribution in [3.8, 4) is 0 Å². The van der Waals surface area contributed by atoms with Crippen LogP contribution in [0.5, 0.6) is 0 Å². The van der Waals surface area contributed by atoms with Crippen LogP contribution in [0.2, 0.25) is 0 Å². The highest BCUT2D eigenvalue weighted by molar-refractivity contribution is 5.15. The van der Waals surface area contributed by atoms with Crippen LogP contribution in [0.4, 0.5) is 0 Å². The van der Waals surface area contributed by atoms with E-state index in [4.69, 9.17) is 10.1 Å². The van der Waals surface area contributed by atoms with Gasteiger partial charge >= 0.3 is 0 Å². The topological polar surface area (TPSA) is 43.6 Å². The Morgan fingerprint density at radius 3 is 2.55 bits per heavy atom. The first-order valence-electron chi connectivity index (χ1n) is 7.20. The molecule has 0 fully saturated rings. The van der Waals surface area contributed by atoms with Crippen molar-refractivity contribution in [2.45, 2.75) is 53.0 Å². The summed E-state index contributed by atoms with van der Waals surface area (Å²) in [5.41, 5.74) is 1.11. The summed E-state index contributed by atoms with van der Waals surface area (Å²) in [5, 5.41) is 4.70. The van der Waals surface area contributed by atoms with Gasteiger partial charge in [0, 0.05) is 25.2 Å². The van der Waals surface area contributed by atoms with Crippen LogP contribution in [0.25, 0.3) is 0 Å². The van der Waals surface area contributed by atoms with Crippen LogP contribution in [0.1, 0.15) is 51.8 Å². The van der Waals surface area contributed by atoms with E-state index >= 15 is 0 Å². The minimum Gasteiger partial charge on any atom is -0.264 e. The lowest BCUT2D eigenvalue weighted by molar-refractivity contribution is 0.341. The number of aromatic nitrogens is 4. The molecule has 0 unspecified atom stereocenters. The number of pyridine rings is 1. The zero-order valence-electron chi connectivity index (χ0n) is 13.1. The average molecular weight is 272 g/mol. The largest absolute Gasteiger partial charge is 0.264 e. The molecule has 0 saturated heterocycles. The molecule has 2 heterocycles. The van der Waals surface area contributed by atoms with Gasteiger partial charge in [0.2, 0.25) is 0 Å². The Hall–Kier alpha value is -1.71. The van der Waals surface area contributed by atoms with Crippen LogP contribution < -0.4 is 0 Å². The van der Waals surface area contributed by atoms with E-state index in [0.717, 1.165) is 24.5 Å². The molecule has 4 heteroatoms. The molecule has 0 aliphatic rings. The van der Waals surface area contributed by atoms with E-state index < -0.39 is 0 Å². The van der Waals surface area contributed by atoms with Crippen LogP contribution in [0.15, 0.2) is 24.5 Å². The molecule has 2 rings (SSSR count). The van der Waals surface area contributed by atoms with Gasteiger partial charge in [-0.05, 0) is 38.3 Å². The normalized spacial score (nSPS) is 12.1. The maximum absolute atomic E-state index is 4.74. The first-order valence-corrected chi connectivity index (χ1v) is 7.20. The van der Waals surface area contributed by atoms with Gasteiger partial charge < -0.3 is 0 Å². The summed E-state index contributed by atoms with van der Waals surface area (Å²) in [6.45, 7) is 10.9. The van der Waals surface area contributed by atoms with Gasteiger partial charge in [-0.25, -0.2) is 9.67 Å². The molecule has 2 aromatic rings. The summed E-state index contributed by atoms with van der Waals surface area (Å²) < 4.78 is 2.05. The molecule has 0 aliphatic heterocycles. The first-order chi connectivity index (χ1) is 9.36. The van der Waals surface area contributed by atoms with Gasteiger partial charge in [-0.2, -0.15) is 5.10 Å². The van der Waals surface area contributed by atoms with Gasteiger partial charge in [0.25, 0.3) is 0 Å². The summed E-state index contributed by atoms with van der Waals surface area (Å²) in [6, 6.07) is 4.04. The van der Waals surface area contributed by atoms with Gasteiger partial charge in [-0.3, -0.25) is 4.98 Å². The molecule has 0 saturated carbocycles. The van der Waals surface area contributed by atoms with Gasteiger partial charge in [0.1, 0.15) is 5.82 Å². The third kappa shape index (κ3) is 3.65. The summed E-state index contributed by atoms with van der Waals surface area (Å²) in [5.74, 6) is 2.52. The lowest BCUT2D eigenvalue weighted by Gasteiger charge is -2.21. The highest BCUT2D eigenvalue weighted by Crippen LogP contribution is 2.18. The molecule has 0 aliphatic carbocycles. The lowest BCUT2D eigenvalue weighted by Crippen LogP contribution is -2.25. The van der Waals surface area contributed by atoms with E-state index in [9.17, 15) is 0 Å². The quantitative estimate of drug-likeness (QED) is 0.858. The molecule has 108 valence electrons. The lowest BCUT2D eigenvalue weighted by atomic mass is 10.1. The molecule has 0 amide bonds. The minimum absolute atomic E-state index is 0.0558. The Balaban J connectivity index is 2.32. The smallest absolute Gasteiger partial charge is 0.151 e. The number of hydrogen-bond acceptors (Lipinski definition) is 3. The van der Waals surface area contributed by atoms with Crippen LogP contribution >= 0.6 is 0 Å². The summed E-state index contributed by atoms with van der Waals surface area (Å²) in [7, 11) is 0. The van der Waals surface area contributed by atoms with E-state index in [2.05, 4.69) is 50.4 Å². The molecule has 0 spiro atoms. The van der Waals surface area contributed by atoms with Crippen molar-refractivity contribution >= 4 is 0 Å². The van der Waals surface area contributed by atoms with E-state index in [-0.39, 0.29) is 5.54 Å². The highest BCUT2D eigenvalue weighted by Gasteiger charge is 2.21. The highest BCUT2D eigenvalue weighted by atomic mass is 15.4. The van der Waals surface area contributed by atoms with E-state index in [1.807, 2.05) is 12.3 Å². The standard InChI is InChI=1S/C16H24N4/c1-12(2)9-14-18-15(20(19-14)16(3,4)5)10-13-7-6-8-17-11-13/h6-8,11-12H,9-10H2,1-5H3. The van der Waals surface area contributed by atoms with E-state index in [1.54, 1.807) is 6.20 Å². The summed E-state index contributed by atoms with van der Waals surface area (Å²) in [6.07, 6.45) is 5.38. The summed E-state index contributed by atoms with van der Waals surface area (Å²) in [4.78, 5) is 8.91. The predicted molar refractivity (Wildman–Crippen MR) is 80.6 cm³/mol. The molecule has 2 aromatic heterocycles. The maximum Gasteiger partial charge on any atom is 0.151 e. The SMILES string of the molecule is CC(C)Cc1nc(Cc2cccnc2)n(C(C)(C)C)n1.